The average molecular weight is 410 g/mol. The Kier molecular flexibility index (Phi) is 6.45. The van der Waals surface area contributed by atoms with Crippen LogP contribution in [0.2, 0.25) is 5.02 Å². The van der Waals surface area contributed by atoms with Crippen LogP contribution in [0, 0.1) is 0 Å². The molecule has 0 aliphatic heterocycles. The molecular formula is C18H20ClN3O4S. The molecule has 0 spiro atoms. The highest BCUT2D eigenvalue weighted by Crippen LogP contribution is 2.26. The minimum atomic E-state index is -3.75. The van der Waals surface area contributed by atoms with Crippen LogP contribution in [0.1, 0.15) is 23.7 Å². The first-order valence-electron chi connectivity index (χ1n) is 8.09. The highest BCUT2D eigenvalue weighted by molar-refractivity contribution is 7.92. The lowest BCUT2D eigenvalue weighted by Gasteiger charge is -2.30. The van der Waals surface area contributed by atoms with Crippen molar-refractivity contribution in [1.82, 2.24) is 0 Å². The molecule has 9 heteroatoms. The third-order valence-electron chi connectivity index (χ3n) is 3.83. The number of rotatable bonds is 7. The molecule has 2 amide bonds. The van der Waals surface area contributed by atoms with Gasteiger partial charge in [-0.15, -0.1) is 0 Å². The van der Waals surface area contributed by atoms with E-state index in [2.05, 4.69) is 5.32 Å². The standard InChI is InChI=1S/C18H20ClN3O4S/c1-3-16(18(24)21-14-9-7-12(8-10-14)17(20)23)22(27(2,25)26)15-6-4-5-13(19)11-15/h4-11,16H,3H2,1-2H3,(H2,20,23)(H,21,24). The molecule has 7 nitrogen and oxygen atoms in total. The summed E-state index contributed by atoms with van der Waals surface area (Å²) in [6.45, 7) is 1.71. The average Bonchev–Trinajstić information content (AvgIpc) is 2.58. The van der Waals surface area contributed by atoms with Gasteiger partial charge in [-0.2, -0.15) is 0 Å². The zero-order valence-corrected chi connectivity index (χ0v) is 16.4. The van der Waals surface area contributed by atoms with Crippen LogP contribution >= 0.6 is 11.6 Å². The molecule has 2 aromatic carbocycles. The number of nitrogens with two attached hydrogens (primary N) is 1. The van der Waals surface area contributed by atoms with E-state index in [0.29, 0.717) is 22.0 Å². The second-order valence-electron chi connectivity index (χ2n) is 5.89. The Morgan fingerprint density at radius 3 is 2.30 bits per heavy atom. The van der Waals surface area contributed by atoms with Gasteiger partial charge in [-0.1, -0.05) is 24.6 Å². The third kappa shape index (κ3) is 5.21. The Balaban J connectivity index is 2.33. The zero-order valence-electron chi connectivity index (χ0n) is 14.8. The lowest BCUT2D eigenvalue weighted by molar-refractivity contribution is -0.117. The van der Waals surface area contributed by atoms with Gasteiger partial charge in [0.05, 0.1) is 11.9 Å². The number of hydrogen-bond donors (Lipinski definition) is 2. The number of nitrogens with one attached hydrogen (secondary N) is 1. The number of nitrogens with zero attached hydrogens (tertiary/aromatic N) is 1. The monoisotopic (exact) mass is 409 g/mol. The molecule has 0 aliphatic carbocycles. The molecule has 0 heterocycles. The summed E-state index contributed by atoms with van der Waals surface area (Å²) in [5, 5.41) is 3.03. The van der Waals surface area contributed by atoms with Gasteiger partial charge in [0.25, 0.3) is 0 Å². The molecule has 0 saturated heterocycles. The smallest absolute Gasteiger partial charge is 0.248 e. The maximum atomic E-state index is 12.8. The summed E-state index contributed by atoms with van der Waals surface area (Å²) in [5.41, 5.74) is 6.21. The Morgan fingerprint density at radius 1 is 1.19 bits per heavy atom. The van der Waals surface area contributed by atoms with E-state index in [0.717, 1.165) is 10.6 Å². The normalized spacial score (nSPS) is 12.3. The summed E-state index contributed by atoms with van der Waals surface area (Å²) in [6, 6.07) is 11.3. The molecule has 0 aliphatic rings. The number of hydrogen-bond acceptors (Lipinski definition) is 4. The molecule has 0 radical (unpaired) electrons. The van der Waals surface area contributed by atoms with Gasteiger partial charge < -0.3 is 11.1 Å². The van der Waals surface area contributed by atoms with Crippen molar-refractivity contribution in [3.05, 3.63) is 59.1 Å². The second-order valence-corrected chi connectivity index (χ2v) is 8.19. The van der Waals surface area contributed by atoms with E-state index in [9.17, 15) is 18.0 Å². The number of benzene rings is 2. The third-order valence-corrected chi connectivity index (χ3v) is 5.24. The summed E-state index contributed by atoms with van der Waals surface area (Å²) < 4.78 is 25.8. The van der Waals surface area contributed by atoms with E-state index in [1.165, 1.54) is 30.3 Å². The molecule has 3 N–H and O–H groups in total. The maximum Gasteiger partial charge on any atom is 0.248 e. The lowest BCUT2D eigenvalue weighted by atomic mass is 10.1. The minimum absolute atomic E-state index is 0.241. The van der Waals surface area contributed by atoms with Crippen LogP contribution in [0.15, 0.2) is 48.5 Å². The van der Waals surface area contributed by atoms with E-state index < -0.39 is 27.9 Å². The van der Waals surface area contributed by atoms with Gasteiger partial charge in [-0.05, 0) is 48.9 Å². The van der Waals surface area contributed by atoms with Crippen molar-refractivity contribution in [2.75, 3.05) is 15.9 Å². The molecule has 1 atom stereocenters. The summed E-state index contributed by atoms with van der Waals surface area (Å²) in [6.07, 6.45) is 1.27. The Hall–Kier alpha value is -2.58. The van der Waals surface area contributed by atoms with Crippen LogP contribution < -0.4 is 15.4 Å². The molecule has 0 saturated carbocycles. The van der Waals surface area contributed by atoms with Crippen molar-refractivity contribution in [3.63, 3.8) is 0 Å². The maximum absolute atomic E-state index is 12.8. The number of carbonyl (C=O) groups excluding carboxylic acids is 2. The first-order valence-corrected chi connectivity index (χ1v) is 10.3. The quantitative estimate of drug-likeness (QED) is 0.732. The molecule has 1 unspecified atom stereocenters. The van der Waals surface area contributed by atoms with E-state index >= 15 is 0 Å². The van der Waals surface area contributed by atoms with Crippen molar-refractivity contribution in [2.45, 2.75) is 19.4 Å². The van der Waals surface area contributed by atoms with Crippen LogP contribution in [-0.4, -0.2) is 32.5 Å². The summed E-state index contributed by atoms with van der Waals surface area (Å²) in [7, 11) is -3.75. The first-order chi connectivity index (χ1) is 12.6. The van der Waals surface area contributed by atoms with Crippen LogP contribution in [0.5, 0.6) is 0 Å². The molecule has 27 heavy (non-hydrogen) atoms. The topological polar surface area (TPSA) is 110 Å². The first kappa shape index (κ1) is 20.7. The fourth-order valence-corrected chi connectivity index (χ4v) is 4.00. The largest absolute Gasteiger partial charge is 0.366 e. The molecule has 144 valence electrons. The Morgan fingerprint density at radius 2 is 1.81 bits per heavy atom. The lowest BCUT2D eigenvalue weighted by Crippen LogP contribution is -2.47. The van der Waals surface area contributed by atoms with Crippen molar-refractivity contribution in [1.29, 1.82) is 0 Å². The van der Waals surface area contributed by atoms with Crippen LogP contribution in [-0.2, 0) is 14.8 Å². The number of carbonyl (C=O) groups is 2. The van der Waals surface area contributed by atoms with Crippen LogP contribution in [0.4, 0.5) is 11.4 Å². The zero-order chi connectivity index (χ0) is 20.2. The summed E-state index contributed by atoms with van der Waals surface area (Å²) in [5.74, 6) is -1.08. The van der Waals surface area contributed by atoms with Crippen LogP contribution in [0.25, 0.3) is 0 Å². The highest BCUT2D eigenvalue weighted by Gasteiger charge is 2.31. The highest BCUT2D eigenvalue weighted by atomic mass is 35.5. The number of sulfonamides is 1. The van der Waals surface area contributed by atoms with E-state index in [4.69, 9.17) is 17.3 Å². The summed E-state index contributed by atoms with van der Waals surface area (Å²) in [4.78, 5) is 23.9. The van der Waals surface area contributed by atoms with Crippen molar-refractivity contribution in [2.24, 2.45) is 5.73 Å². The van der Waals surface area contributed by atoms with Gasteiger partial charge in [0.15, 0.2) is 0 Å². The predicted octanol–water partition coefficient (Wildman–Crippen LogP) is 2.62. The number of halogens is 1. The van der Waals surface area contributed by atoms with E-state index in [1.54, 1.807) is 25.1 Å². The number of primary amides is 1. The van der Waals surface area contributed by atoms with Crippen molar-refractivity contribution < 1.29 is 18.0 Å². The fourth-order valence-electron chi connectivity index (χ4n) is 2.62. The summed E-state index contributed by atoms with van der Waals surface area (Å²) >= 11 is 5.98. The van der Waals surface area contributed by atoms with Gasteiger partial charge in [-0.25, -0.2) is 8.42 Å². The second kappa shape index (κ2) is 8.41. The van der Waals surface area contributed by atoms with Crippen molar-refractivity contribution >= 4 is 44.8 Å². The van der Waals surface area contributed by atoms with Gasteiger partial charge in [0, 0.05) is 16.3 Å². The fraction of sp³-hybridized carbons (Fsp3) is 0.222. The van der Waals surface area contributed by atoms with Gasteiger partial charge in [-0.3, -0.25) is 13.9 Å². The van der Waals surface area contributed by atoms with Gasteiger partial charge in [0.2, 0.25) is 21.8 Å². The van der Waals surface area contributed by atoms with Gasteiger partial charge in [0.1, 0.15) is 6.04 Å². The number of amides is 2. The SMILES string of the molecule is CCC(C(=O)Nc1ccc(C(N)=O)cc1)N(c1cccc(Cl)c1)S(C)(=O)=O. The molecule has 0 bridgehead atoms. The molecule has 0 fully saturated rings. The molecule has 2 rings (SSSR count). The van der Waals surface area contributed by atoms with Gasteiger partial charge >= 0.3 is 0 Å². The van der Waals surface area contributed by atoms with E-state index in [1.807, 2.05) is 0 Å². The Bertz CT molecular complexity index is 945. The van der Waals surface area contributed by atoms with Crippen LogP contribution in [0.3, 0.4) is 0 Å². The predicted molar refractivity (Wildman–Crippen MR) is 106 cm³/mol. The minimum Gasteiger partial charge on any atom is -0.366 e. The van der Waals surface area contributed by atoms with E-state index in [-0.39, 0.29) is 6.42 Å². The Labute approximate surface area is 163 Å². The molecular weight excluding hydrogens is 390 g/mol. The van der Waals surface area contributed by atoms with Crippen molar-refractivity contribution in [3.8, 4) is 0 Å². The molecule has 0 aromatic heterocycles. The molecule has 2 aromatic rings. The number of anilines is 2.